The summed E-state index contributed by atoms with van der Waals surface area (Å²) in [7, 11) is 3.94. The molecule has 0 spiro atoms. The lowest BCUT2D eigenvalue weighted by atomic mass is 10.1. The minimum Gasteiger partial charge on any atom is -0.378 e. The summed E-state index contributed by atoms with van der Waals surface area (Å²) in [6.45, 7) is 0. The van der Waals surface area contributed by atoms with Gasteiger partial charge < -0.3 is 4.90 Å². The van der Waals surface area contributed by atoms with Crippen molar-refractivity contribution in [2.45, 2.75) is 6.42 Å². The summed E-state index contributed by atoms with van der Waals surface area (Å²) >= 11 is 0. The molecule has 0 unspecified atom stereocenters. The van der Waals surface area contributed by atoms with E-state index in [1.54, 1.807) is 6.08 Å². The maximum Gasteiger partial charge on any atom is 0.254 e. The smallest absolute Gasteiger partial charge is 0.254 e. The summed E-state index contributed by atoms with van der Waals surface area (Å²) < 4.78 is 0. The second-order valence-electron chi connectivity index (χ2n) is 4.21. The standard InChI is InChI=1S/C13H14N2O2/c1-15(2)11-5-3-9(4-6-11)7-10-8-12(16)14-13(10)17/h3-7H,8H2,1-2H3,(H,14,16,17). The van der Waals surface area contributed by atoms with Gasteiger partial charge in [-0.2, -0.15) is 0 Å². The number of nitrogens with one attached hydrogen (secondary N) is 1. The molecule has 0 saturated carbocycles. The average molecular weight is 230 g/mol. The van der Waals surface area contributed by atoms with Gasteiger partial charge in [-0.15, -0.1) is 0 Å². The SMILES string of the molecule is CN(C)c1ccc(C=C2CC(=O)NC2=O)cc1. The van der Waals surface area contributed by atoms with Crippen LogP contribution in [-0.2, 0) is 9.59 Å². The van der Waals surface area contributed by atoms with Crippen LogP contribution in [0.3, 0.4) is 0 Å². The molecule has 1 aliphatic rings. The molecule has 1 aliphatic heterocycles. The first-order valence-corrected chi connectivity index (χ1v) is 5.38. The number of carbonyl (C=O) groups excluding carboxylic acids is 2. The van der Waals surface area contributed by atoms with Gasteiger partial charge in [0.05, 0.1) is 6.42 Å². The number of carbonyl (C=O) groups is 2. The fourth-order valence-electron chi connectivity index (χ4n) is 1.69. The Hall–Kier alpha value is -2.10. The summed E-state index contributed by atoms with van der Waals surface area (Å²) in [4.78, 5) is 24.4. The second kappa shape index (κ2) is 4.41. The van der Waals surface area contributed by atoms with E-state index in [-0.39, 0.29) is 18.2 Å². The number of anilines is 1. The maximum absolute atomic E-state index is 11.4. The molecular weight excluding hydrogens is 216 g/mol. The molecule has 0 aliphatic carbocycles. The molecule has 0 radical (unpaired) electrons. The van der Waals surface area contributed by atoms with Crippen LogP contribution >= 0.6 is 0 Å². The Balaban J connectivity index is 2.21. The van der Waals surface area contributed by atoms with E-state index in [9.17, 15) is 9.59 Å². The third-order valence-electron chi connectivity index (χ3n) is 2.65. The highest BCUT2D eigenvalue weighted by atomic mass is 16.2. The molecule has 17 heavy (non-hydrogen) atoms. The molecule has 1 aromatic carbocycles. The van der Waals surface area contributed by atoms with E-state index in [0.717, 1.165) is 11.3 Å². The van der Waals surface area contributed by atoms with Gasteiger partial charge in [-0.3, -0.25) is 14.9 Å². The minimum absolute atomic E-state index is 0.175. The van der Waals surface area contributed by atoms with E-state index in [2.05, 4.69) is 5.32 Å². The van der Waals surface area contributed by atoms with Crippen LogP contribution in [-0.4, -0.2) is 25.9 Å². The Morgan fingerprint density at radius 1 is 1.18 bits per heavy atom. The van der Waals surface area contributed by atoms with E-state index in [4.69, 9.17) is 0 Å². The highest BCUT2D eigenvalue weighted by Gasteiger charge is 2.23. The Kier molecular flexibility index (Phi) is 2.95. The van der Waals surface area contributed by atoms with Crippen LogP contribution in [0.5, 0.6) is 0 Å². The summed E-state index contributed by atoms with van der Waals surface area (Å²) in [6, 6.07) is 7.80. The third kappa shape index (κ3) is 2.53. The Morgan fingerprint density at radius 3 is 2.29 bits per heavy atom. The number of rotatable bonds is 2. The fraction of sp³-hybridized carbons (Fsp3) is 0.231. The van der Waals surface area contributed by atoms with Gasteiger partial charge in [0.25, 0.3) is 5.91 Å². The third-order valence-corrected chi connectivity index (χ3v) is 2.65. The largest absolute Gasteiger partial charge is 0.378 e. The molecule has 0 bridgehead atoms. The van der Waals surface area contributed by atoms with Crippen LogP contribution < -0.4 is 10.2 Å². The van der Waals surface area contributed by atoms with Gasteiger partial charge in [-0.25, -0.2) is 0 Å². The van der Waals surface area contributed by atoms with Crippen molar-refractivity contribution in [2.75, 3.05) is 19.0 Å². The Morgan fingerprint density at radius 2 is 1.82 bits per heavy atom. The highest BCUT2D eigenvalue weighted by molar-refractivity contribution is 6.15. The van der Waals surface area contributed by atoms with Gasteiger partial charge in [-0.05, 0) is 23.8 Å². The molecule has 1 saturated heterocycles. The van der Waals surface area contributed by atoms with Crippen molar-refractivity contribution in [2.24, 2.45) is 0 Å². The van der Waals surface area contributed by atoms with Crippen LogP contribution in [0, 0.1) is 0 Å². The monoisotopic (exact) mass is 230 g/mol. The number of nitrogens with zero attached hydrogens (tertiary/aromatic N) is 1. The molecule has 1 N–H and O–H groups in total. The van der Waals surface area contributed by atoms with Crippen molar-refractivity contribution in [1.29, 1.82) is 0 Å². The summed E-state index contributed by atoms with van der Waals surface area (Å²) in [5.41, 5.74) is 2.54. The molecule has 0 atom stereocenters. The van der Waals surface area contributed by atoms with Gasteiger partial charge in [0.2, 0.25) is 5.91 Å². The lowest BCUT2D eigenvalue weighted by Crippen LogP contribution is -2.19. The molecule has 88 valence electrons. The first-order chi connectivity index (χ1) is 8.06. The van der Waals surface area contributed by atoms with Gasteiger partial charge in [0.1, 0.15) is 0 Å². The van der Waals surface area contributed by atoms with Crippen molar-refractivity contribution in [3.63, 3.8) is 0 Å². The van der Waals surface area contributed by atoms with E-state index in [1.807, 2.05) is 43.3 Å². The number of amides is 2. The van der Waals surface area contributed by atoms with Gasteiger partial charge in [-0.1, -0.05) is 12.1 Å². The quantitative estimate of drug-likeness (QED) is 0.613. The van der Waals surface area contributed by atoms with Crippen molar-refractivity contribution >= 4 is 23.6 Å². The molecular formula is C13H14N2O2. The van der Waals surface area contributed by atoms with E-state index >= 15 is 0 Å². The number of hydrogen-bond donors (Lipinski definition) is 1. The second-order valence-corrected chi connectivity index (χ2v) is 4.21. The highest BCUT2D eigenvalue weighted by Crippen LogP contribution is 2.17. The zero-order valence-electron chi connectivity index (χ0n) is 9.86. The van der Waals surface area contributed by atoms with Gasteiger partial charge in [0, 0.05) is 25.4 Å². The predicted molar refractivity (Wildman–Crippen MR) is 66.5 cm³/mol. The Labute approximate surface area is 99.9 Å². The lowest BCUT2D eigenvalue weighted by molar-refractivity contribution is -0.124. The minimum atomic E-state index is -0.285. The van der Waals surface area contributed by atoms with Crippen molar-refractivity contribution in [3.8, 4) is 0 Å². The predicted octanol–water partition coefficient (Wildman–Crippen LogP) is 1.18. The summed E-state index contributed by atoms with van der Waals surface area (Å²) in [5, 5.41) is 2.26. The van der Waals surface area contributed by atoms with Crippen LogP contribution in [0.25, 0.3) is 6.08 Å². The molecule has 1 heterocycles. The first kappa shape index (κ1) is 11.4. The molecule has 1 fully saturated rings. The lowest BCUT2D eigenvalue weighted by Gasteiger charge is -2.11. The molecule has 4 nitrogen and oxygen atoms in total. The van der Waals surface area contributed by atoms with Gasteiger partial charge >= 0.3 is 0 Å². The number of benzene rings is 1. The van der Waals surface area contributed by atoms with E-state index in [1.165, 1.54) is 0 Å². The van der Waals surface area contributed by atoms with Crippen LogP contribution in [0.15, 0.2) is 29.8 Å². The normalized spacial score (nSPS) is 17.4. The topological polar surface area (TPSA) is 49.4 Å². The van der Waals surface area contributed by atoms with E-state index < -0.39 is 0 Å². The number of imide groups is 1. The molecule has 2 amide bonds. The van der Waals surface area contributed by atoms with Crippen molar-refractivity contribution in [3.05, 3.63) is 35.4 Å². The zero-order chi connectivity index (χ0) is 12.4. The van der Waals surface area contributed by atoms with E-state index in [0.29, 0.717) is 5.57 Å². The Bertz CT molecular complexity index is 487. The molecule has 2 rings (SSSR count). The maximum atomic E-state index is 11.4. The molecule has 4 heteroatoms. The summed E-state index contributed by atoms with van der Waals surface area (Å²) in [5.74, 6) is -0.516. The van der Waals surface area contributed by atoms with Crippen molar-refractivity contribution < 1.29 is 9.59 Å². The fourth-order valence-corrected chi connectivity index (χ4v) is 1.69. The first-order valence-electron chi connectivity index (χ1n) is 5.38. The zero-order valence-corrected chi connectivity index (χ0v) is 9.86. The molecule has 1 aromatic rings. The molecule has 0 aromatic heterocycles. The van der Waals surface area contributed by atoms with Crippen LogP contribution in [0.4, 0.5) is 5.69 Å². The number of hydrogen-bond acceptors (Lipinski definition) is 3. The van der Waals surface area contributed by atoms with Gasteiger partial charge in [0.15, 0.2) is 0 Å². The van der Waals surface area contributed by atoms with Crippen LogP contribution in [0.1, 0.15) is 12.0 Å². The average Bonchev–Trinajstić information content (AvgIpc) is 2.58. The summed E-state index contributed by atoms with van der Waals surface area (Å²) in [6.07, 6.45) is 1.92. The van der Waals surface area contributed by atoms with Crippen molar-refractivity contribution in [1.82, 2.24) is 5.32 Å². The van der Waals surface area contributed by atoms with Crippen LogP contribution in [0.2, 0.25) is 0 Å².